The summed E-state index contributed by atoms with van der Waals surface area (Å²) in [7, 11) is 0. The molecular weight excluding hydrogens is 313 g/mol. The summed E-state index contributed by atoms with van der Waals surface area (Å²) in [6.07, 6.45) is 2.96. The van der Waals surface area contributed by atoms with Gasteiger partial charge in [0, 0.05) is 12.1 Å². The second-order valence-electron chi connectivity index (χ2n) is 6.18. The quantitative estimate of drug-likeness (QED) is 0.532. The zero-order valence-electron chi connectivity index (χ0n) is 14.2. The Bertz CT molecular complexity index is 1040. The maximum atomic E-state index is 14.5. The maximum Gasteiger partial charge on any atom is 0.132 e. The molecule has 0 bridgehead atoms. The summed E-state index contributed by atoms with van der Waals surface area (Å²) in [5.41, 5.74) is 5.50. The summed E-state index contributed by atoms with van der Waals surface area (Å²) >= 11 is 0. The molecule has 0 spiro atoms. The number of halogens is 1. The van der Waals surface area contributed by atoms with Gasteiger partial charge >= 0.3 is 0 Å². The molecule has 25 heavy (non-hydrogen) atoms. The Morgan fingerprint density at radius 1 is 1.04 bits per heavy atom. The van der Waals surface area contributed by atoms with Gasteiger partial charge in [-0.15, -0.1) is 0 Å². The molecular formula is C21H20FN3. The molecule has 0 radical (unpaired) electrons. The topological polar surface area (TPSA) is 29.3 Å². The minimum absolute atomic E-state index is 0.212. The van der Waals surface area contributed by atoms with Crippen molar-refractivity contribution in [2.24, 2.45) is 0 Å². The molecule has 3 nitrogen and oxygen atoms in total. The largest absolute Gasteiger partial charge is 0.313 e. The first-order valence-electron chi connectivity index (χ1n) is 8.63. The molecule has 1 N–H and O–H groups in total. The van der Waals surface area contributed by atoms with Gasteiger partial charge in [0.2, 0.25) is 0 Å². The number of para-hydroxylation sites is 2. The Labute approximate surface area is 146 Å². The second kappa shape index (κ2) is 6.65. The smallest absolute Gasteiger partial charge is 0.132 e. The molecule has 4 aromatic rings. The van der Waals surface area contributed by atoms with Crippen LogP contribution in [0.15, 0.2) is 60.8 Å². The van der Waals surface area contributed by atoms with Crippen LogP contribution in [-0.2, 0) is 6.54 Å². The number of hydrogen-bond donors (Lipinski definition) is 1. The van der Waals surface area contributed by atoms with Gasteiger partial charge in [-0.1, -0.05) is 31.2 Å². The fourth-order valence-corrected chi connectivity index (χ4v) is 3.28. The lowest BCUT2D eigenvalue weighted by atomic mass is 10.1. The Kier molecular flexibility index (Phi) is 4.20. The maximum absolute atomic E-state index is 14.5. The molecule has 0 saturated carbocycles. The SMILES string of the molecule is CCCNCc1cc(-c2ccccc2F)n2c1cnc1ccccc12. The highest BCUT2D eigenvalue weighted by atomic mass is 19.1. The van der Waals surface area contributed by atoms with E-state index < -0.39 is 0 Å². The van der Waals surface area contributed by atoms with Gasteiger partial charge < -0.3 is 9.72 Å². The number of nitrogens with zero attached hydrogens (tertiary/aromatic N) is 2. The van der Waals surface area contributed by atoms with E-state index in [1.165, 1.54) is 6.07 Å². The van der Waals surface area contributed by atoms with Crippen molar-refractivity contribution in [1.82, 2.24) is 14.7 Å². The Morgan fingerprint density at radius 3 is 2.68 bits per heavy atom. The summed E-state index contributed by atoms with van der Waals surface area (Å²) in [5, 5.41) is 3.44. The molecule has 0 aliphatic heterocycles. The predicted molar refractivity (Wildman–Crippen MR) is 100 cm³/mol. The first-order valence-corrected chi connectivity index (χ1v) is 8.63. The van der Waals surface area contributed by atoms with Gasteiger partial charge in [-0.05, 0) is 48.9 Å². The number of aromatic nitrogens is 2. The average Bonchev–Trinajstić information content (AvgIpc) is 3.01. The van der Waals surface area contributed by atoms with E-state index >= 15 is 0 Å². The van der Waals surface area contributed by atoms with Crippen LogP contribution < -0.4 is 5.32 Å². The number of hydrogen-bond acceptors (Lipinski definition) is 2. The molecule has 2 aromatic carbocycles. The number of benzene rings is 2. The van der Waals surface area contributed by atoms with Crippen molar-refractivity contribution in [3.8, 4) is 11.3 Å². The lowest BCUT2D eigenvalue weighted by Gasteiger charge is -2.08. The van der Waals surface area contributed by atoms with Crippen molar-refractivity contribution in [3.05, 3.63) is 72.2 Å². The molecule has 0 fully saturated rings. The Hall–Kier alpha value is -2.72. The first-order chi connectivity index (χ1) is 12.3. The predicted octanol–water partition coefficient (Wildman–Crippen LogP) is 4.79. The van der Waals surface area contributed by atoms with Gasteiger partial charge in [-0.2, -0.15) is 0 Å². The van der Waals surface area contributed by atoms with Crippen LogP contribution in [0.4, 0.5) is 4.39 Å². The van der Waals surface area contributed by atoms with Gasteiger partial charge in [-0.25, -0.2) is 4.39 Å². The van der Waals surface area contributed by atoms with Crippen molar-refractivity contribution in [2.45, 2.75) is 19.9 Å². The molecule has 0 amide bonds. The fourth-order valence-electron chi connectivity index (χ4n) is 3.28. The molecule has 0 atom stereocenters. The summed E-state index contributed by atoms with van der Waals surface area (Å²) in [5.74, 6) is -0.212. The van der Waals surface area contributed by atoms with Crippen molar-refractivity contribution in [2.75, 3.05) is 6.54 Å². The minimum Gasteiger partial charge on any atom is -0.313 e. The molecule has 0 saturated heterocycles. The van der Waals surface area contributed by atoms with Gasteiger partial charge in [0.25, 0.3) is 0 Å². The highest BCUT2D eigenvalue weighted by Crippen LogP contribution is 2.30. The van der Waals surface area contributed by atoms with Crippen LogP contribution in [0.3, 0.4) is 0 Å². The van der Waals surface area contributed by atoms with E-state index in [1.807, 2.05) is 42.6 Å². The first kappa shape index (κ1) is 15.8. The molecule has 0 aliphatic rings. The highest BCUT2D eigenvalue weighted by molar-refractivity contribution is 5.84. The van der Waals surface area contributed by atoms with Gasteiger partial charge in [0.05, 0.1) is 28.4 Å². The highest BCUT2D eigenvalue weighted by Gasteiger charge is 2.15. The Morgan fingerprint density at radius 2 is 1.84 bits per heavy atom. The van der Waals surface area contributed by atoms with Crippen molar-refractivity contribution < 1.29 is 4.39 Å². The van der Waals surface area contributed by atoms with Crippen molar-refractivity contribution in [3.63, 3.8) is 0 Å². The van der Waals surface area contributed by atoms with Crippen LogP contribution in [0, 0.1) is 5.82 Å². The van der Waals surface area contributed by atoms with Crippen LogP contribution in [0.1, 0.15) is 18.9 Å². The number of fused-ring (bicyclic) bond motifs is 3. The van der Waals surface area contributed by atoms with E-state index in [9.17, 15) is 4.39 Å². The third kappa shape index (κ3) is 2.79. The lowest BCUT2D eigenvalue weighted by Crippen LogP contribution is -2.13. The summed E-state index contributed by atoms with van der Waals surface area (Å²) < 4.78 is 16.6. The third-order valence-corrected chi connectivity index (χ3v) is 4.46. The summed E-state index contributed by atoms with van der Waals surface area (Å²) in [4.78, 5) is 4.59. The van der Waals surface area contributed by atoms with E-state index in [4.69, 9.17) is 0 Å². The van der Waals surface area contributed by atoms with E-state index in [0.717, 1.165) is 47.3 Å². The van der Waals surface area contributed by atoms with Crippen LogP contribution >= 0.6 is 0 Å². The van der Waals surface area contributed by atoms with E-state index in [1.54, 1.807) is 6.07 Å². The average molecular weight is 333 g/mol. The molecule has 2 heterocycles. The monoisotopic (exact) mass is 333 g/mol. The van der Waals surface area contributed by atoms with E-state index in [-0.39, 0.29) is 5.82 Å². The zero-order chi connectivity index (χ0) is 17.2. The molecule has 4 rings (SSSR count). The minimum atomic E-state index is -0.212. The molecule has 0 unspecified atom stereocenters. The van der Waals surface area contributed by atoms with Crippen molar-refractivity contribution in [1.29, 1.82) is 0 Å². The van der Waals surface area contributed by atoms with Gasteiger partial charge in [0.1, 0.15) is 5.82 Å². The van der Waals surface area contributed by atoms with Gasteiger partial charge in [-0.3, -0.25) is 4.98 Å². The van der Waals surface area contributed by atoms with Crippen LogP contribution in [-0.4, -0.2) is 15.9 Å². The zero-order valence-corrected chi connectivity index (χ0v) is 14.2. The number of nitrogens with one attached hydrogen (secondary N) is 1. The van der Waals surface area contributed by atoms with Crippen LogP contribution in [0.5, 0.6) is 0 Å². The van der Waals surface area contributed by atoms with Crippen LogP contribution in [0.25, 0.3) is 27.8 Å². The van der Waals surface area contributed by atoms with Crippen LogP contribution in [0.2, 0.25) is 0 Å². The fraction of sp³-hybridized carbons (Fsp3) is 0.190. The standard InChI is InChI=1S/C21H20FN3/c1-2-11-23-13-15-12-20(16-7-3-4-8-17(16)22)25-19-10-6-5-9-18(19)24-14-21(15)25/h3-10,12,14,23H,2,11,13H2,1H3. The molecule has 2 aromatic heterocycles. The molecule has 4 heteroatoms. The lowest BCUT2D eigenvalue weighted by molar-refractivity contribution is 0.630. The second-order valence-corrected chi connectivity index (χ2v) is 6.18. The third-order valence-electron chi connectivity index (χ3n) is 4.46. The summed E-state index contributed by atoms with van der Waals surface area (Å²) in [6, 6.07) is 17.0. The summed E-state index contributed by atoms with van der Waals surface area (Å²) in [6.45, 7) is 3.84. The van der Waals surface area contributed by atoms with Gasteiger partial charge in [0.15, 0.2) is 0 Å². The molecule has 126 valence electrons. The van der Waals surface area contributed by atoms with E-state index in [2.05, 4.69) is 27.7 Å². The molecule has 0 aliphatic carbocycles. The Balaban J connectivity index is 2.00. The van der Waals surface area contributed by atoms with E-state index in [0.29, 0.717) is 5.56 Å². The normalized spacial score (nSPS) is 11.4. The van der Waals surface area contributed by atoms with Crippen molar-refractivity contribution >= 4 is 16.6 Å². The number of rotatable bonds is 5.